The van der Waals surface area contributed by atoms with Crippen LogP contribution >= 0.6 is 11.3 Å². The molecule has 11 nitrogen and oxygen atoms in total. The Balaban J connectivity index is 1.28. The van der Waals surface area contributed by atoms with Crippen LogP contribution in [0.4, 0.5) is 11.4 Å². The molecule has 0 aliphatic carbocycles. The molecule has 3 N–H and O–H groups in total. The van der Waals surface area contributed by atoms with Crippen LogP contribution in [0.25, 0.3) is 15.3 Å². The molecule has 0 saturated carbocycles. The van der Waals surface area contributed by atoms with E-state index in [0.29, 0.717) is 40.6 Å². The molecule has 0 aromatic carbocycles. The molecule has 1 fully saturated rings. The maximum atomic E-state index is 13.2. The van der Waals surface area contributed by atoms with Crippen LogP contribution in [0, 0.1) is 12.3 Å². The first-order valence-corrected chi connectivity index (χ1v) is 12.9. The van der Waals surface area contributed by atoms with Crippen LogP contribution in [0.15, 0.2) is 37.1 Å². The van der Waals surface area contributed by atoms with Crippen molar-refractivity contribution in [3.05, 3.63) is 48.3 Å². The van der Waals surface area contributed by atoms with Gasteiger partial charge in [-0.2, -0.15) is 10.2 Å². The Bertz CT molecular complexity index is 1460. The number of hydrogen-bond donors (Lipinski definition) is 3. The normalized spacial score (nSPS) is 15.9. The highest BCUT2D eigenvalue weighted by atomic mass is 32.1. The number of thiazole rings is 1. The lowest BCUT2D eigenvalue weighted by Gasteiger charge is -2.45. The largest absolute Gasteiger partial charge is 0.391 e. The monoisotopic (exact) mass is 522 g/mol. The van der Waals surface area contributed by atoms with E-state index in [4.69, 9.17) is 0 Å². The summed E-state index contributed by atoms with van der Waals surface area (Å²) in [5.41, 5.74) is 3.25. The third-order valence-corrected chi connectivity index (χ3v) is 7.26. The van der Waals surface area contributed by atoms with Gasteiger partial charge in [-0.3, -0.25) is 24.2 Å². The van der Waals surface area contributed by atoms with Gasteiger partial charge in [-0.1, -0.05) is 13.8 Å². The Morgan fingerprint density at radius 3 is 2.68 bits per heavy atom. The maximum absolute atomic E-state index is 13.2. The number of pyridine rings is 1. The van der Waals surface area contributed by atoms with E-state index in [9.17, 15) is 14.7 Å². The van der Waals surface area contributed by atoms with Crippen molar-refractivity contribution >= 4 is 39.4 Å². The summed E-state index contributed by atoms with van der Waals surface area (Å²) in [6, 6.07) is 1.72. The summed E-state index contributed by atoms with van der Waals surface area (Å²) in [5.74, 6) is -0.427. The molecule has 2 amide bonds. The lowest BCUT2D eigenvalue weighted by Crippen LogP contribution is -2.54. The third-order valence-electron chi connectivity index (χ3n) is 6.10. The van der Waals surface area contributed by atoms with Crippen LogP contribution in [0.3, 0.4) is 0 Å². The van der Waals surface area contributed by atoms with Crippen LogP contribution < -0.4 is 10.6 Å². The summed E-state index contributed by atoms with van der Waals surface area (Å²) in [6.07, 6.45) is 8.06. The first-order chi connectivity index (χ1) is 17.6. The number of anilines is 2. The van der Waals surface area contributed by atoms with Gasteiger partial charge in [-0.05, 0) is 25.3 Å². The van der Waals surface area contributed by atoms with Gasteiger partial charge in [0.15, 0.2) is 0 Å². The summed E-state index contributed by atoms with van der Waals surface area (Å²) in [7, 11) is 0. The summed E-state index contributed by atoms with van der Waals surface area (Å²) in [5, 5.41) is 24.0. The Labute approximate surface area is 218 Å². The molecular weight excluding hydrogens is 492 g/mol. The molecule has 1 aliphatic rings. The van der Waals surface area contributed by atoms with Crippen LogP contribution in [-0.4, -0.2) is 71.9 Å². The number of aryl methyl sites for hydroxylation is 1. The lowest BCUT2D eigenvalue weighted by molar-refractivity contribution is -0.120. The number of likely N-dealkylation sites (tertiary alicyclic amines) is 1. The molecule has 12 heteroatoms. The van der Waals surface area contributed by atoms with Crippen LogP contribution in [0.5, 0.6) is 0 Å². The lowest BCUT2D eigenvalue weighted by atomic mass is 9.84. The molecule has 1 aliphatic heterocycles. The molecular formula is C25H30N8O3S. The van der Waals surface area contributed by atoms with E-state index in [1.807, 2.05) is 12.4 Å². The molecule has 194 valence electrons. The summed E-state index contributed by atoms with van der Waals surface area (Å²) in [6.45, 7) is 10.4. The highest BCUT2D eigenvalue weighted by Gasteiger charge is 2.34. The van der Waals surface area contributed by atoms with E-state index in [1.165, 1.54) is 17.5 Å². The van der Waals surface area contributed by atoms with Crippen molar-refractivity contribution in [2.24, 2.45) is 5.41 Å². The predicted molar refractivity (Wildman–Crippen MR) is 142 cm³/mol. The van der Waals surface area contributed by atoms with E-state index in [2.05, 4.69) is 44.6 Å². The molecule has 4 aromatic rings. The van der Waals surface area contributed by atoms with Gasteiger partial charge in [-0.25, -0.2) is 4.52 Å². The Hall–Kier alpha value is -3.61. The van der Waals surface area contributed by atoms with Crippen LogP contribution in [-0.2, 0) is 11.3 Å². The Morgan fingerprint density at radius 1 is 1.16 bits per heavy atom. The topological polar surface area (TPSA) is 130 Å². The number of nitrogens with zero attached hydrogens (tertiary/aromatic N) is 6. The fraction of sp³-hybridized carbons (Fsp3) is 0.400. The second-order valence-corrected chi connectivity index (χ2v) is 11.4. The van der Waals surface area contributed by atoms with E-state index < -0.39 is 6.10 Å². The van der Waals surface area contributed by atoms with Crippen LogP contribution in [0.1, 0.15) is 36.8 Å². The Morgan fingerprint density at radius 2 is 1.95 bits per heavy atom. The fourth-order valence-corrected chi connectivity index (χ4v) is 5.57. The van der Waals surface area contributed by atoms with Gasteiger partial charge in [-0.15, -0.1) is 11.3 Å². The van der Waals surface area contributed by atoms with Crippen molar-refractivity contribution < 1.29 is 14.7 Å². The van der Waals surface area contributed by atoms with Crippen molar-refractivity contribution in [1.82, 2.24) is 29.3 Å². The van der Waals surface area contributed by atoms with Crippen molar-refractivity contribution in [3.8, 4) is 10.4 Å². The number of amides is 2. The highest BCUT2D eigenvalue weighted by Crippen LogP contribution is 2.31. The van der Waals surface area contributed by atoms with Gasteiger partial charge >= 0.3 is 0 Å². The third kappa shape index (κ3) is 5.55. The first-order valence-electron chi connectivity index (χ1n) is 12.0. The molecule has 37 heavy (non-hydrogen) atoms. The van der Waals surface area contributed by atoms with E-state index in [-0.39, 0.29) is 17.2 Å². The van der Waals surface area contributed by atoms with Gasteiger partial charge in [0.1, 0.15) is 4.83 Å². The second kappa shape index (κ2) is 9.69. The molecule has 0 bridgehead atoms. The maximum Gasteiger partial charge on any atom is 0.260 e. The second-order valence-electron chi connectivity index (χ2n) is 10.4. The molecule has 0 radical (unpaired) electrons. The van der Waals surface area contributed by atoms with Gasteiger partial charge in [0.05, 0.1) is 65.3 Å². The molecule has 1 saturated heterocycles. The first kappa shape index (κ1) is 25.1. The molecule has 1 atom stereocenters. The van der Waals surface area contributed by atoms with E-state index >= 15 is 0 Å². The molecule has 0 spiro atoms. The number of nitrogens with one attached hydrogen (secondary N) is 2. The highest BCUT2D eigenvalue weighted by molar-refractivity contribution is 7.21. The zero-order valence-corrected chi connectivity index (χ0v) is 22.0. The standard InChI is InChI=1S/C25H30N8O3S/c1-15(34)9-32-10-17(6-27-32)21-11-33-24(37-21)19(8-28-33)23(36)30-20-5-18(7-26-16(20)2)29-22(35)12-31-13-25(3,4)14-31/h5-8,10-11,15,34H,9,12-14H2,1-4H3,(H,29,35)(H,30,36). The molecule has 1 unspecified atom stereocenters. The summed E-state index contributed by atoms with van der Waals surface area (Å²) >= 11 is 1.43. The average Bonchev–Trinajstić information content (AvgIpc) is 3.50. The Kier molecular flexibility index (Phi) is 6.56. The molecule has 4 aromatic heterocycles. The summed E-state index contributed by atoms with van der Waals surface area (Å²) in [4.78, 5) is 33.7. The minimum absolute atomic E-state index is 0.111. The van der Waals surface area contributed by atoms with Gasteiger partial charge < -0.3 is 15.7 Å². The number of carbonyl (C=O) groups is 2. The van der Waals surface area contributed by atoms with Crippen LogP contribution in [0.2, 0.25) is 0 Å². The SMILES string of the molecule is Cc1ncc(NC(=O)CN2CC(C)(C)C2)cc1NC(=O)c1cnn2cc(-c3cnn(CC(C)O)c3)sc12. The summed E-state index contributed by atoms with van der Waals surface area (Å²) < 4.78 is 3.35. The predicted octanol–water partition coefficient (Wildman–Crippen LogP) is 2.88. The number of aliphatic hydroxyl groups excluding tert-OH is 1. The number of aliphatic hydroxyl groups is 1. The average molecular weight is 523 g/mol. The molecule has 5 rings (SSSR count). The van der Waals surface area contributed by atoms with Crippen molar-refractivity contribution in [2.45, 2.75) is 40.3 Å². The van der Waals surface area contributed by atoms with Crippen molar-refractivity contribution in [3.63, 3.8) is 0 Å². The van der Waals surface area contributed by atoms with E-state index in [0.717, 1.165) is 23.5 Å². The minimum Gasteiger partial charge on any atom is -0.391 e. The number of hydrogen-bond acceptors (Lipinski definition) is 8. The number of fused-ring (bicyclic) bond motifs is 1. The smallest absolute Gasteiger partial charge is 0.260 e. The van der Waals surface area contributed by atoms with Gasteiger partial charge in [0.2, 0.25) is 5.91 Å². The fourth-order valence-electron chi connectivity index (χ4n) is 4.53. The number of aromatic nitrogens is 5. The van der Waals surface area contributed by atoms with Crippen molar-refractivity contribution in [1.29, 1.82) is 0 Å². The number of rotatable bonds is 8. The van der Waals surface area contributed by atoms with E-state index in [1.54, 1.807) is 41.5 Å². The quantitative estimate of drug-likeness (QED) is 0.324. The van der Waals surface area contributed by atoms with Crippen molar-refractivity contribution in [2.75, 3.05) is 30.3 Å². The zero-order chi connectivity index (χ0) is 26.3. The molecule has 5 heterocycles. The van der Waals surface area contributed by atoms with Gasteiger partial charge in [0.25, 0.3) is 5.91 Å². The minimum atomic E-state index is -0.499. The zero-order valence-electron chi connectivity index (χ0n) is 21.2. The number of carbonyl (C=O) groups excluding carboxylic acids is 2. The van der Waals surface area contributed by atoms with Gasteiger partial charge in [0, 0.05) is 31.0 Å².